The Labute approximate surface area is 127 Å². The molecule has 1 aliphatic carbocycles. The molecule has 3 nitrogen and oxygen atoms in total. The number of carbonyl (C=O) groups is 1. The molecule has 1 aliphatic rings. The van der Waals surface area contributed by atoms with Crippen molar-refractivity contribution in [3.8, 4) is 0 Å². The Morgan fingerprint density at radius 2 is 1.95 bits per heavy atom. The van der Waals surface area contributed by atoms with Crippen LogP contribution in [0.15, 0.2) is 30.3 Å². The molecule has 0 heterocycles. The number of carbonyl (C=O) groups excluding carboxylic acids is 1. The summed E-state index contributed by atoms with van der Waals surface area (Å²) in [7, 11) is 0. The van der Waals surface area contributed by atoms with Crippen LogP contribution in [-0.4, -0.2) is 30.4 Å². The van der Waals surface area contributed by atoms with Crippen LogP contribution >= 0.6 is 12.4 Å². The number of benzene rings is 1. The van der Waals surface area contributed by atoms with Gasteiger partial charge in [0.05, 0.1) is 0 Å². The average Bonchev–Trinajstić information content (AvgIpc) is 3.27. The van der Waals surface area contributed by atoms with Gasteiger partial charge in [-0.2, -0.15) is 0 Å². The van der Waals surface area contributed by atoms with E-state index in [1.54, 1.807) is 0 Å². The maximum absolute atomic E-state index is 12.4. The van der Waals surface area contributed by atoms with Gasteiger partial charge in [0.1, 0.15) is 0 Å². The van der Waals surface area contributed by atoms with Gasteiger partial charge in [-0.05, 0) is 30.7 Å². The molecule has 0 radical (unpaired) electrons. The van der Waals surface area contributed by atoms with E-state index in [1.807, 2.05) is 23.1 Å². The number of nitrogens with zero attached hydrogens (tertiary/aromatic N) is 1. The lowest BCUT2D eigenvalue weighted by molar-refractivity contribution is -0.135. The molecule has 0 spiro atoms. The number of hydrogen-bond acceptors (Lipinski definition) is 2. The van der Waals surface area contributed by atoms with Gasteiger partial charge in [-0.15, -0.1) is 12.4 Å². The highest BCUT2D eigenvalue weighted by atomic mass is 35.5. The lowest BCUT2D eigenvalue weighted by Gasteiger charge is -2.25. The molecule has 112 valence electrons. The highest BCUT2D eigenvalue weighted by Crippen LogP contribution is 2.37. The minimum Gasteiger partial charge on any atom is -0.341 e. The topological polar surface area (TPSA) is 46.3 Å². The van der Waals surface area contributed by atoms with Gasteiger partial charge < -0.3 is 10.6 Å². The molecule has 2 N–H and O–H groups in total. The molecule has 0 aliphatic heterocycles. The molecular weight excluding hydrogens is 272 g/mol. The van der Waals surface area contributed by atoms with Crippen molar-refractivity contribution in [1.29, 1.82) is 0 Å². The van der Waals surface area contributed by atoms with E-state index in [4.69, 9.17) is 5.73 Å². The Morgan fingerprint density at radius 1 is 1.30 bits per heavy atom. The summed E-state index contributed by atoms with van der Waals surface area (Å²) in [5, 5.41) is 0. The zero-order chi connectivity index (χ0) is 13.7. The zero-order valence-electron chi connectivity index (χ0n) is 12.1. The highest BCUT2D eigenvalue weighted by Gasteiger charge is 2.34. The minimum atomic E-state index is 0. The Hall–Kier alpha value is -1.06. The molecule has 1 atom stereocenters. The van der Waals surface area contributed by atoms with E-state index in [-0.39, 0.29) is 24.2 Å². The van der Waals surface area contributed by atoms with Crippen molar-refractivity contribution in [1.82, 2.24) is 4.90 Å². The SMILES string of the molecule is CC(C(=O)N(CCN)CCc1ccccc1)C1CC1.Cl. The van der Waals surface area contributed by atoms with Gasteiger partial charge in [-0.1, -0.05) is 37.3 Å². The fourth-order valence-corrected chi connectivity index (χ4v) is 2.48. The summed E-state index contributed by atoms with van der Waals surface area (Å²) < 4.78 is 0. The molecule has 1 saturated carbocycles. The smallest absolute Gasteiger partial charge is 0.225 e. The van der Waals surface area contributed by atoms with E-state index < -0.39 is 0 Å². The second kappa shape index (κ2) is 8.28. The van der Waals surface area contributed by atoms with Crippen molar-refractivity contribution in [2.45, 2.75) is 26.2 Å². The van der Waals surface area contributed by atoms with E-state index in [1.165, 1.54) is 18.4 Å². The highest BCUT2D eigenvalue weighted by molar-refractivity contribution is 5.85. The van der Waals surface area contributed by atoms with Gasteiger partial charge in [0.2, 0.25) is 5.91 Å². The summed E-state index contributed by atoms with van der Waals surface area (Å²) >= 11 is 0. The predicted octanol–water partition coefficient (Wildman–Crippen LogP) is 2.48. The molecule has 2 rings (SSSR count). The molecule has 0 aromatic heterocycles. The van der Waals surface area contributed by atoms with Crippen LogP contribution in [0.1, 0.15) is 25.3 Å². The lowest BCUT2D eigenvalue weighted by atomic mass is 10.0. The van der Waals surface area contributed by atoms with E-state index in [9.17, 15) is 4.79 Å². The number of nitrogens with two attached hydrogens (primary N) is 1. The third-order valence-corrected chi connectivity index (χ3v) is 3.94. The lowest BCUT2D eigenvalue weighted by Crippen LogP contribution is -2.40. The molecule has 4 heteroatoms. The van der Waals surface area contributed by atoms with E-state index >= 15 is 0 Å². The van der Waals surface area contributed by atoms with Gasteiger partial charge in [0.25, 0.3) is 0 Å². The van der Waals surface area contributed by atoms with Gasteiger partial charge in [0, 0.05) is 25.6 Å². The summed E-state index contributed by atoms with van der Waals surface area (Å²) in [5.41, 5.74) is 6.91. The minimum absolute atomic E-state index is 0. The van der Waals surface area contributed by atoms with Crippen LogP contribution < -0.4 is 5.73 Å². The van der Waals surface area contributed by atoms with Crippen LogP contribution in [0.2, 0.25) is 0 Å². The van der Waals surface area contributed by atoms with Crippen LogP contribution in [0.3, 0.4) is 0 Å². The first-order chi connectivity index (χ1) is 9.22. The monoisotopic (exact) mass is 296 g/mol. The first-order valence-corrected chi connectivity index (χ1v) is 7.25. The first kappa shape index (κ1) is 17.0. The van der Waals surface area contributed by atoms with Crippen molar-refractivity contribution in [3.05, 3.63) is 35.9 Å². The molecule has 20 heavy (non-hydrogen) atoms. The van der Waals surface area contributed by atoms with Crippen LogP contribution in [0.25, 0.3) is 0 Å². The van der Waals surface area contributed by atoms with E-state index in [0.717, 1.165) is 13.0 Å². The predicted molar refractivity (Wildman–Crippen MR) is 84.9 cm³/mol. The second-order valence-electron chi connectivity index (χ2n) is 5.48. The zero-order valence-corrected chi connectivity index (χ0v) is 12.9. The van der Waals surface area contributed by atoms with Gasteiger partial charge in [0.15, 0.2) is 0 Å². The van der Waals surface area contributed by atoms with Crippen LogP contribution in [-0.2, 0) is 11.2 Å². The van der Waals surface area contributed by atoms with E-state index in [2.05, 4.69) is 19.1 Å². The number of hydrogen-bond donors (Lipinski definition) is 1. The molecule has 1 aromatic rings. The quantitative estimate of drug-likeness (QED) is 0.840. The van der Waals surface area contributed by atoms with Gasteiger partial charge >= 0.3 is 0 Å². The maximum atomic E-state index is 12.4. The Balaban J connectivity index is 0.00000200. The normalized spacial score (nSPS) is 15.3. The van der Waals surface area contributed by atoms with Crippen LogP contribution in [0.4, 0.5) is 0 Å². The Bertz CT molecular complexity index is 406. The number of amides is 1. The summed E-state index contributed by atoms with van der Waals surface area (Å²) in [6.07, 6.45) is 3.33. The molecule has 1 unspecified atom stereocenters. The molecular formula is C16H25ClN2O. The summed E-state index contributed by atoms with van der Waals surface area (Å²) in [6, 6.07) is 10.3. The fourth-order valence-electron chi connectivity index (χ4n) is 2.48. The van der Waals surface area contributed by atoms with Crippen molar-refractivity contribution in [2.75, 3.05) is 19.6 Å². The summed E-state index contributed by atoms with van der Waals surface area (Å²) in [6.45, 7) is 4.05. The molecule has 1 aromatic carbocycles. The molecule has 1 amide bonds. The van der Waals surface area contributed by atoms with Gasteiger partial charge in [-0.25, -0.2) is 0 Å². The third kappa shape index (κ3) is 4.80. The molecule has 0 bridgehead atoms. The molecule has 0 saturated heterocycles. The summed E-state index contributed by atoms with van der Waals surface area (Å²) in [5.74, 6) is 1.07. The number of halogens is 1. The van der Waals surface area contributed by atoms with Crippen molar-refractivity contribution < 1.29 is 4.79 Å². The number of rotatable bonds is 7. The van der Waals surface area contributed by atoms with E-state index in [0.29, 0.717) is 19.0 Å². The summed E-state index contributed by atoms with van der Waals surface area (Å²) in [4.78, 5) is 14.3. The average molecular weight is 297 g/mol. The van der Waals surface area contributed by atoms with Crippen molar-refractivity contribution in [3.63, 3.8) is 0 Å². The Kier molecular flexibility index (Phi) is 7.03. The maximum Gasteiger partial charge on any atom is 0.225 e. The second-order valence-corrected chi connectivity index (χ2v) is 5.48. The van der Waals surface area contributed by atoms with Crippen LogP contribution in [0, 0.1) is 11.8 Å². The third-order valence-electron chi connectivity index (χ3n) is 3.94. The van der Waals surface area contributed by atoms with Crippen molar-refractivity contribution in [2.24, 2.45) is 17.6 Å². The van der Waals surface area contributed by atoms with Gasteiger partial charge in [-0.3, -0.25) is 4.79 Å². The largest absolute Gasteiger partial charge is 0.341 e. The van der Waals surface area contributed by atoms with Crippen LogP contribution in [0.5, 0.6) is 0 Å². The van der Waals surface area contributed by atoms with Crippen molar-refractivity contribution >= 4 is 18.3 Å². The molecule has 1 fully saturated rings. The fraction of sp³-hybridized carbons (Fsp3) is 0.562. The first-order valence-electron chi connectivity index (χ1n) is 7.25. The Morgan fingerprint density at radius 3 is 2.50 bits per heavy atom. The standard InChI is InChI=1S/C16H24N2O.ClH/c1-13(15-7-8-15)16(19)18(12-10-17)11-9-14-5-3-2-4-6-14;/h2-6,13,15H,7-12,17H2,1H3;1H.